The number of hydrogen-bond acceptors (Lipinski definition) is 5. The predicted octanol–water partition coefficient (Wildman–Crippen LogP) is 1.38. The molecule has 0 aliphatic carbocycles. The van der Waals surface area contributed by atoms with Crippen molar-refractivity contribution in [3.05, 3.63) is 0 Å². The summed E-state index contributed by atoms with van der Waals surface area (Å²) in [5, 5.41) is 3.49. The molecule has 20 heavy (non-hydrogen) atoms. The Morgan fingerprint density at radius 3 is 2.30 bits per heavy atom. The summed E-state index contributed by atoms with van der Waals surface area (Å²) in [6.45, 7) is 10.6. The lowest BCUT2D eigenvalue weighted by atomic mass is 10.3. The van der Waals surface area contributed by atoms with E-state index in [1.54, 1.807) is 14.2 Å². The Hall–Kier alpha value is -0.200. The van der Waals surface area contributed by atoms with Crippen LogP contribution in [-0.2, 0) is 14.2 Å². The summed E-state index contributed by atoms with van der Waals surface area (Å²) in [7, 11) is 3.51. The number of ether oxygens (including phenoxy) is 3. The average Bonchev–Trinajstić information content (AvgIpc) is 2.47. The van der Waals surface area contributed by atoms with Crippen LogP contribution in [0, 0.1) is 0 Å². The van der Waals surface area contributed by atoms with E-state index in [0.717, 1.165) is 72.0 Å². The first kappa shape index (κ1) is 19.8. The molecule has 0 unspecified atom stereocenters. The molecule has 0 fully saturated rings. The molecular weight excluding hydrogens is 256 g/mol. The van der Waals surface area contributed by atoms with E-state index in [-0.39, 0.29) is 0 Å². The zero-order chi connectivity index (χ0) is 14.9. The van der Waals surface area contributed by atoms with Gasteiger partial charge in [-0.2, -0.15) is 0 Å². The average molecular weight is 290 g/mol. The van der Waals surface area contributed by atoms with Gasteiger partial charge in [-0.15, -0.1) is 0 Å². The van der Waals surface area contributed by atoms with Gasteiger partial charge in [-0.1, -0.05) is 0 Å². The van der Waals surface area contributed by atoms with Crippen LogP contribution in [0.3, 0.4) is 0 Å². The first-order valence-corrected chi connectivity index (χ1v) is 7.83. The first-order chi connectivity index (χ1) is 9.85. The van der Waals surface area contributed by atoms with Crippen molar-refractivity contribution in [2.24, 2.45) is 0 Å². The normalized spacial score (nSPS) is 11.4. The third-order valence-corrected chi connectivity index (χ3v) is 3.14. The van der Waals surface area contributed by atoms with Gasteiger partial charge in [0, 0.05) is 60.2 Å². The molecule has 5 heteroatoms. The Bertz CT molecular complexity index is 183. The molecule has 0 heterocycles. The van der Waals surface area contributed by atoms with Crippen LogP contribution < -0.4 is 5.32 Å². The zero-order valence-corrected chi connectivity index (χ0v) is 13.7. The zero-order valence-electron chi connectivity index (χ0n) is 13.7. The van der Waals surface area contributed by atoms with Gasteiger partial charge < -0.3 is 19.5 Å². The summed E-state index contributed by atoms with van der Waals surface area (Å²) >= 11 is 0. The van der Waals surface area contributed by atoms with E-state index in [1.807, 2.05) is 6.92 Å². The van der Waals surface area contributed by atoms with Gasteiger partial charge in [0.15, 0.2) is 0 Å². The molecule has 0 bridgehead atoms. The molecule has 0 saturated heterocycles. The maximum atomic E-state index is 5.32. The second-order valence-electron chi connectivity index (χ2n) is 4.83. The fourth-order valence-corrected chi connectivity index (χ4v) is 1.95. The third kappa shape index (κ3) is 14.2. The highest BCUT2D eigenvalue weighted by Gasteiger charge is 2.03. The standard InChI is InChI=1S/C15H34N2O3/c1-4-20-14-6-5-8-16-9-11-17(12-15-19-3)10-7-13-18-2/h16H,4-15H2,1-3H3. The Morgan fingerprint density at radius 2 is 1.60 bits per heavy atom. The summed E-state index contributed by atoms with van der Waals surface area (Å²) < 4.78 is 15.6. The van der Waals surface area contributed by atoms with Crippen LogP contribution in [0.15, 0.2) is 0 Å². The number of nitrogens with one attached hydrogen (secondary N) is 1. The topological polar surface area (TPSA) is 43.0 Å². The third-order valence-electron chi connectivity index (χ3n) is 3.14. The Labute approximate surface area is 124 Å². The Kier molecular flexibility index (Phi) is 16.7. The molecule has 0 aliphatic rings. The predicted molar refractivity (Wildman–Crippen MR) is 83.4 cm³/mol. The van der Waals surface area contributed by atoms with Gasteiger partial charge in [0.05, 0.1) is 6.61 Å². The summed E-state index contributed by atoms with van der Waals surface area (Å²) in [6, 6.07) is 0. The van der Waals surface area contributed by atoms with E-state index in [4.69, 9.17) is 14.2 Å². The largest absolute Gasteiger partial charge is 0.385 e. The molecule has 0 aromatic rings. The lowest BCUT2D eigenvalue weighted by molar-refractivity contribution is 0.132. The first-order valence-electron chi connectivity index (χ1n) is 7.83. The van der Waals surface area contributed by atoms with Crippen LogP contribution >= 0.6 is 0 Å². The van der Waals surface area contributed by atoms with Crippen LogP contribution in [0.5, 0.6) is 0 Å². The van der Waals surface area contributed by atoms with E-state index < -0.39 is 0 Å². The Balaban J connectivity index is 3.46. The smallest absolute Gasteiger partial charge is 0.0589 e. The van der Waals surface area contributed by atoms with Crippen molar-refractivity contribution in [3.63, 3.8) is 0 Å². The van der Waals surface area contributed by atoms with Crippen LogP contribution in [0.4, 0.5) is 0 Å². The number of unbranched alkanes of at least 4 members (excludes halogenated alkanes) is 1. The maximum absolute atomic E-state index is 5.32. The number of rotatable bonds is 16. The van der Waals surface area contributed by atoms with Gasteiger partial charge in [0.1, 0.15) is 0 Å². The number of methoxy groups -OCH3 is 2. The molecule has 0 rings (SSSR count). The van der Waals surface area contributed by atoms with Crippen molar-refractivity contribution in [1.29, 1.82) is 0 Å². The van der Waals surface area contributed by atoms with Crippen LogP contribution in [0.1, 0.15) is 26.2 Å². The molecular formula is C15H34N2O3. The van der Waals surface area contributed by atoms with E-state index in [0.29, 0.717) is 0 Å². The van der Waals surface area contributed by atoms with Crippen molar-refractivity contribution in [1.82, 2.24) is 10.2 Å². The molecule has 0 atom stereocenters. The van der Waals surface area contributed by atoms with Crippen molar-refractivity contribution >= 4 is 0 Å². The molecule has 0 aliphatic heterocycles. The van der Waals surface area contributed by atoms with Crippen molar-refractivity contribution in [2.45, 2.75) is 26.2 Å². The van der Waals surface area contributed by atoms with Crippen LogP contribution in [0.25, 0.3) is 0 Å². The van der Waals surface area contributed by atoms with E-state index in [9.17, 15) is 0 Å². The molecule has 0 radical (unpaired) electrons. The van der Waals surface area contributed by atoms with Gasteiger partial charge in [0.2, 0.25) is 0 Å². The molecule has 0 aromatic carbocycles. The van der Waals surface area contributed by atoms with Crippen molar-refractivity contribution in [3.8, 4) is 0 Å². The molecule has 0 spiro atoms. The summed E-state index contributed by atoms with van der Waals surface area (Å²) in [5.74, 6) is 0. The van der Waals surface area contributed by atoms with Gasteiger partial charge in [-0.3, -0.25) is 4.90 Å². The fourth-order valence-electron chi connectivity index (χ4n) is 1.95. The van der Waals surface area contributed by atoms with E-state index >= 15 is 0 Å². The second-order valence-corrected chi connectivity index (χ2v) is 4.83. The summed E-state index contributed by atoms with van der Waals surface area (Å²) in [4.78, 5) is 2.43. The Morgan fingerprint density at radius 1 is 0.800 bits per heavy atom. The molecule has 122 valence electrons. The van der Waals surface area contributed by atoms with E-state index in [2.05, 4.69) is 10.2 Å². The summed E-state index contributed by atoms with van der Waals surface area (Å²) in [6.07, 6.45) is 3.40. The van der Waals surface area contributed by atoms with Crippen molar-refractivity contribution in [2.75, 3.05) is 73.4 Å². The fraction of sp³-hybridized carbons (Fsp3) is 1.00. The van der Waals surface area contributed by atoms with Gasteiger partial charge in [0.25, 0.3) is 0 Å². The molecule has 1 N–H and O–H groups in total. The quantitative estimate of drug-likeness (QED) is 0.435. The van der Waals surface area contributed by atoms with Crippen LogP contribution in [0.2, 0.25) is 0 Å². The maximum Gasteiger partial charge on any atom is 0.0589 e. The minimum Gasteiger partial charge on any atom is -0.385 e. The van der Waals surface area contributed by atoms with E-state index in [1.165, 1.54) is 6.42 Å². The number of hydrogen-bond donors (Lipinski definition) is 1. The monoisotopic (exact) mass is 290 g/mol. The summed E-state index contributed by atoms with van der Waals surface area (Å²) in [5.41, 5.74) is 0. The van der Waals surface area contributed by atoms with Crippen molar-refractivity contribution < 1.29 is 14.2 Å². The molecule has 0 saturated carbocycles. The minimum absolute atomic E-state index is 0.793. The second kappa shape index (κ2) is 16.9. The SMILES string of the molecule is CCOCCCCNCCN(CCCOC)CCOC. The van der Waals surface area contributed by atoms with Gasteiger partial charge in [-0.05, 0) is 32.7 Å². The van der Waals surface area contributed by atoms with Crippen LogP contribution in [-0.4, -0.2) is 78.3 Å². The molecule has 5 nitrogen and oxygen atoms in total. The number of nitrogens with zero attached hydrogens (tertiary/aromatic N) is 1. The van der Waals surface area contributed by atoms with Gasteiger partial charge in [-0.25, -0.2) is 0 Å². The highest BCUT2D eigenvalue weighted by Crippen LogP contribution is 1.93. The lowest BCUT2D eigenvalue weighted by Crippen LogP contribution is -2.35. The highest BCUT2D eigenvalue weighted by molar-refractivity contribution is 4.60. The molecule has 0 amide bonds. The minimum atomic E-state index is 0.793. The lowest BCUT2D eigenvalue weighted by Gasteiger charge is -2.22. The highest BCUT2D eigenvalue weighted by atomic mass is 16.5. The molecule has 0 aromatic heterocycles. The van der Waals surface area contributed by atoms with Gasteiger partial charge >= 0.3 is 0 Å².